The molecule has 0 saturated heterocycles. The summed E-state index contributed by atoms with van der Waals surface area (Å²) >= 11 is 3.21. The van der Waals surface area contributed by atoms with Gasteiger partial charge in [0.05, 0.1) is 22.5 Å². The predicted octanol–water partition coefficient (Wildman–Crippen LogP) is 4.56. The molecule has 132 valence electrons. The van der Waals surface area contributed by atoms with E-state index in [1.165, 1.54) is 18.2 Å². The third-order valence-corrected chi connectivity index (χ3v) is 4.42. The maximum atomic E-state index is 13.0. The first-order valence-corrected chi connectivity index (χ1v) is 8.11. The molecule has 0 atom stereocenters. The summed E-state index contributed by atoms with van der Waals surface area (Å²) in [4.78, 5) is 16.5. The lowest BCUT2D eigenvalue weighted by atomic mass is 9.73. The van der Waals surface area contributed by atoms with Gasteiger partial charge in [0.2, 0.25) is 0 Å². The fraction of sp³-hybridized carbons (Fsp3) is 0.353. The van der Waals surface area contributed by atoms with E-state index in [-0.39, 0.29) is 18.6 Å². The number of nitrogens with two attached hydrogens (primary N) is 1. The number of carbonyl (C=O) groups is 1. The van der Waals surface area contributed by atoms with E-state index in [1.54, 1.807) is 13.8 Å². The van der Waals surface area contributed by atoms with Crippen molar-refractivity contribution in [3.8, 4) is 6.07 Å². The lowest BCUT2D eigenvalue weighted by molar-refractivity contribution is -0.119. The summed E-state index contributed by atoms with van der Waals surface area (Å²) in [6.07, 6.45) is -4.66. The molecule has 1 aliphatic rings. The zero-order valence-electron chi connectivity index (χ0n) is 13.5. The number of halogens is 4. The van der Waals surface area contributed by atoms with Crippen molar-refractivity contribution in [3.63, 3.8) is 0 Å². The van der Waals surface area contributed by atoms with Gasteiger partial charge in [0, 0.05) is 10.9 Å². The summed E-state index contributed by atoms with van der Waals surface area (Å²) in [6, 6.07) is 6.48. The molecule has 4 nitrogen and oxygen atoms in total. The van der Waals surface area contributed by atoms with E-state index < -0.39 is 28.6 Å². The summed E-state index contributed by atoms with van der Waals surface area (Å²) in [7, 11) is 0. The molecule has 0 amide bonds. The number of benzene rings is 1. The highest BCUT2D eigenvalue weighted by Gasteiger charge is 2.42. The van der Waals surface area contributed by atoms with E-state index in [4.69, 9.17) is 11.0 Å². The Morgan fingerprint density at radius 1 is 1.36 bits per heavy atom. The SMILES string of the molecule is CC1(C)CC(=O)C(=C(N)C(F)(F)F)C(=Nc2ccc(C#N)c(Br)c2)C1. The molecule has 0 aromatic heterocycles. The number of nitriles is 1. The number of aliphatic imine (C=N–C) groups is 1. The second kappa shape index (κ2) is 6.64. The van der Waals surface area contributed by atoms with E-state index in [9.17, 15) is 18.0 Å². The molecule has 2 rings (SSSR count). The second-order valence-corrected chi connectivity index (χ2v) is 7.42. The molecule has 0 radical (unpaired) electrons. The second-order valence-electron chi connectivity index (χ2n) is 6.56. The van der Waals surface area contributed by atoms with Crippen LogP contribution in [0.15, 0.2) is 38.9 Å². The van der Waals surface area contributed by atoms with Gasteiger partial charge in [-0.25, -0.2) is 0 Å². The zero-order chi connectivity index (χ0) is 19.0. The van der Waals surface area contributed by atoms with Gasteiger partial charge in [-0.05, 0) is 46.0 Å². The first-order valence-electron chi connectivity index (χ1n) is 7.32. The van der Waals surface area contributed by atoms with Crippen LogP contribution in [0.1, 0.15) is 32.3 Å². The highest BCUT2D eigenvalue weighted by molar-refractivity contribution is 9.10. The lowest BCUT2D eigenvalue weighted by Crippen LogP contribution is -2.36. The maximum absolute atomic E-state index is 13.0. The molecule has 0 heterocycles. The highest BCUT2D eigenvalue weighted by Crippen LogP contribution is 2.38. The minimum Gasteiger partial charge on any atom is -0.394 e. The maximum Gasteiger partial charge on any atom is 0.431 e. The number of allylic oxidation sites excluding steroid dienone is 2. The van der Waals surface area contributed by atoms with Gasteiger partial charge in [0.1, 0.15) is 11.8 Å². The molecule has 1 aromatic carbocycles. The Balaban J connectivity index is 2.62. The third kappa shape index (κ3) is 4.28. The van der Waals surface area contributed by atoms with E-state index in [1.807, 2.05) is 6.07 Å². The van der Waals surface area contributed by atoms with E-state index in [2.05, 4.69) is 20.9 Å². The van der Waals surface area contributed by atoms with Crippen molar-refractivity contribution in [1.29, 1.82) is 5.26 Å². The molecule has 2 N–H and O–H groups in total. The van der Waals surface area contributed by atoms with Crippen LogP contribution < -0.4 is 5.73 Å². The normalized spacial score (nSPS) is 21.2. The molecular weight excluding hydrogens is 399 g/mol. The lowest BCUT2D eigenvalue weighted by Gasteiger charge is -2.32. The highest BCUT2D eigenvalue weighted by atomic mass is 79.9. The molecule has 0 bridgehead atoms. The van der Waals surface area contributed by atoms with Gasteiger partial charge >= 0.3 is 6.18 Å². The van der Waals surface area contributed by atoms with Crippen LogP contribution in [0.3, 0.4) is 0 Å². The Kier molecular flexibility index (Phi) is 5.09. The van der Waals surface area contributed by atoms with Crippen LogP contribution in [-0.4, -0.2) is 17.7 Å². The van der Waals surface area contributed by atoms with Crippen molar-refractivity contribution >= 4 is 33.1 Å². The zero-order valence-corrected chi connectivity index (χ0v) is 15.1. The number of hydrogen-bond acceptors (Lipinski definition) is 4. The fourth-order valence-electron chi connectivity index (χ4n) is 2.65. The summed E-state index contributed by atoms with van der Waals surface area (Å²) in [5.41, 5.74) is 3.44. The van der Waals surface area contributed by atoms with Gasteiger partial charge in [-0.2, -0.15) is 18.4 Å². The Morgan fingerprint density at radius 2 is 2.00 bits per heavy atom. The van der Waals surface area contributed by atoms with E-state index in [0.717, 1.165) is 0 Å². The third-order valence-electron chi connectivity index (χ3n) is 3.76. The van der Waals surface area contributed by atoms with Gasteiger partial charge in [-0.3, -0.25) is 9.79 Å². The van der Waals surface area contributed by atoms with Gasteiger partial charge in [0.25, 0.3) is 0 Å². The minimum atomic E-state index is -4.81. The Bertz CT molecular complexity index is 833. The van der Waals surface area contributed by atoms with Gasteiger partial charge < -0.3 is 5.73 Å². The molecular formula is C17H15BrF3N3O. The monoisotopic (exact) mass is 413 g/mol. The number of carbonyl (C=O) groups excluding carboxylic acids is 1. The fourth-order valence-corrected chi connectivity index (χ4v) is 3.11. The van der Waals surface area contributed by atoms with Crippen LogP contribution in [0.25, 0.3) is 0 Å². The van der Waals surface area contributed by atoms with Crippen LogP contribution >= 0.6 is 15.9 Å². The van der Waals surface area contributed by atoms with Crippen LogP contribution in [0.2, 0.25) is 0 Å². The van der Waals surface area contributed by atoms with Crippen LogP contribution in [0.4, 0.5) is 18.9 Å². The number of Topliss-reactive ketones (excluding diaryl/α,β-unsaturated/α-hetero) is 1. The van der Waals surface area contributed by atoms with Gasteiger partial charge in [-0.15, -0.1) is 0 Å². The largest absolute Gasteiger partial charge is 0.431 e. The van der Waals surface area contributed by atoms with Crippen molar-refractivity contribution in [2.75, 3.05) is 0 Å². The van der Waals surface area contributed by atoms with Crippen molar-refractivity contribution < 1.29 is 18.0 Å². The van der Waals surface area contributed by atoms with Crippen molar-refractivity contribution in [3.05, 3.63) is 39.5 Å². The smallest absolute Gasteiger partial charge is 0.394 e. The molecule has 8 heteroatoms. The van der Waals surface area contributed by atoms with Crippen molar-refractivity contribution in [2.24, 2.45) is 16.1 Å². The molecule has 1 saturated carbocycles. The first-order chi connectivity index (χ1) is 11.4. The molecule has 1 aliphatic carbocycles. The van der Waals surface area contributed by atoms with Crippen molar-refractivity contribution in [2.45, 2.75) is 32.9 Å². The number of hydrogen-bond donors (Lipinski definition) is 1. The molecule has 25 heavy (non-hydrogen) atoms. The standard InChI is InChI=1S/C17H15BrF3N3O/c1-16(2)6-12(14(13(25)7-16)15(23)17(19,20)21)24-10-4-3-9(8-22)11(18)5-10/h3-5H,6-7,23H2,1-2H3. The molecule has 0 unspecified atom stereocenters. The topological polar surface area (TPSA) is 79.2 Å². The summed E-state index contributed by atoms with van der Waals surface area (Å²) in [5.74, 6) is -0.669. The van der Waals surface area contributed by atoms with Gasteiger partial charge in [-0.1, -0.05) is 13.8 Å². The number of ketones is 1. The molecule has 1 aromatic rings. The summed E-state index contributed by atoms with van der Waals surface area (Å²) in [5, 5.41) is 8.93. The summed E-state index contributed by atoms with van der Waals surface area (Å²) < 4.78 is 39.6. The minimum absolute atomic E-state index is 0.00711. The van der Waals surface area contributed by atoms with Gasteiger partial charge in [0.15, 0.2) is 5.78 Å². The van der Waals surface area contributed by atoms with Crippen LogP contribution in [0.5, 0.6) is 0 Å². The Hall–Kier alpha value is -2.14. The number of rotatable bonds is 1. The molecule has 1 fully saturated rings. The molecule has 0 aliphatic heterocycles. The average molecular weight is 414 g/mol. The molecule has 0 spiro atoms. The summed E-state index contributed by atoms with van der Waals surface area (Å²) in [6.45, 7) is 3.57. The van der Waals surface area contributed by atoms with Crippen molar-refractivity contribution in [1.82, 2.24) is 0 Å². The number of alkyl halides is 3. The predicted molar refractivity (Wildman–Crippen MR) is 91.2 cm³/mol. The quantitative estimate of drug-likeness (QED) is 0.685. The van der Waals surface area contributed by atoms with Crippen LogP contribution in [-0.2, 0) is 4.79 Å². The van der Waals surface area contributed by atoms with E-state index in [0.29, 0.717) is 15.7 Å². The Morgan fingerprint density at radius 3 is 2.52 bits per heavy atom. The average Bonchev–Trinajstić information content (AvgIpc) is 2.44. The van der Waals surface area contributed by atoms with Crippen LogP contribution in [0, 0.1) is 16.7 Å². The Labute approximate surface area is 151 Å². The first kappa shape index (κ1) is 19.2. The van der Waals surface area contributed by atoms with E-state index >= 15 is 0 Å². The number of nitrogens with zero attached hydrogens (tertiary/aromatic N) is 2.